The Morgan fingerprint density at radius 1 is 0.943 bits per heavy atom. The average Bonchev–Trinajstić information content (AvgIpc) is 2.87. The minimum absolute atomic E-state index is 0.140. The number of hydrogen-bond acceptors (Lipinski definition) is 7. The first-order valence-corrected chi connectivity index (χ1v) is 12.4. The number of ketones is 1. The van der Waals surface area contributed by atoms with E-state index >= 15 is 0 Å². The summed E-state index contributed by atoms with van der Waals surface area (Å²) in [6, 6.07) is 16.0. The number of aryl methyl sites for hydroxylation is 1. The van der Waals surface area contributed by atoms with Crippen molar-refractivity contribution in [1.29, 1.82) is 0 Å². The van der Waals surface area contributed by atoms with Gasteiger partial charge in [-0.25, -0.2) is 9.59 Å². The molecule has 0 N–H and O–H groups in total. The van der Waals surface area contributed by atoms with Gasteiger partial charge in [-0.15, -0.1) is 0 Å². The minimum atomic E-state index is -0.668. The Morgan fingerprint density at radius 2 is 1.71 bits per heavy atom. The zero-order chi connectivity index (χ0) is 24.2. The van der Waals surface area contributed by atoms with E-state index in [0.717, 1.165) is 56.6 Å². The fraction of sp³-hybridized carbons (Fsp3) is 0.393. The molecule has 0 spiro atoms. The molecule has 0 saturated carbocycles. The van der Waals surface area contributed by atoms with Crippen LogP contribution in [0.4, 0.5) is 5.69 Å². The number of hydrogen-bond donors (Lipinski definition) is 0. The van der Waals surface area contributed by atoms with Crippen LogP contribution in [0, 0.1) is 5.92 Å². The van der Waals surface area contributed by atoms with Crippen LogP contribution in [0.3, 0.4) is 0 Å². The van der Waals surface area contributed by atoms with E-state index < -0.39 is 18.2 Å². The maximum atomic E-state index is 13.0. The van der Waals surface area contributed by atoms with Crippen molar-refractivity contribution < 1.29 is 24.0 Å². The third-order valence-electron chi connectivity index (χ3n) is 7.09. The number of Topliss-reactive ketones (excluding diaryl/α,β-unsaturated/α-hetero) is 1. The van der Waals surface area contributed by atoms with Crippen LogP contribution < -0.4 is 5.06 Å². The van der Waals surface area contributed by atoms with E-state index in [4.69, 9.17) is 9.57 Å². The number of fused-ring (bicyclic) bond motifs is 3. The normalized spacial score (nSPS) is 21.7. The maximum Gasteiger partial charge on any atom is 0.356 e. The fourth-order valence-corrected chi connectivity index (χ4v) is 5.13. The van der Waals surface area contributed by atoms with Crippen molar-refractivity contribution in [1.82, 2.24) is 4.90 Å². The first kappa shape index (κ1) is 23.3. The molecule has 1 saturated heterocycles. The van der Waals surface area contributed by atoms with Crippen molar-refractivity contribution in [3.63, 3.8) is 0 Å². The van der Waals surface area contributed by atoms with Gasteiger partial charge in [0.1, 0.15) is 0 Å². The van der Waals surface area contributed by atoms with Gasteiger partial charge < -0.3 is 9.57 Å². The third-order valence-corrected chi connectivity index (χ3v) is 7.09. The quantitative estimate of drug-likeness (QED) is 0.459. The van der Waals surface area contributed by atoms with Crippen LogP contribution in [-0.2, 0) is 32.1 Å². The molecule has 1 unspecified atom stereocenters. The first-order valence-electron chi connectivity index (χ1n) is 12.4. The van der Waals surface area contributed by atoms with Gasteiger partial charge in [-0.05, 0) is 74.0 Å². The van der Waals surface area contributed by atoms with Crippen LogP contribution in [-0.4, -0.2) is 41.9 Å². The molecule has 2 aromatic rings. The molecule has 0 radical (unpaired) electrons. The lowest BCUT2D eigenvalue weighted by atomic mass is 9.89. The highest BCUT2D eigenvalue weighted by Gasteiger charge is 2.33. The number of anilines is 1. The van der Waals surface area contributed by atoms with Gasteiger partial charge in [-0.1, -0.05) is 30.3 Å². The standard InChI is InChI=1S/C28H30N2O5/c31-25(10-6-20-14-16-29(17-15-20)19-21-4-2-1-3-5-21)23-7-9-24-22(18-23)8-11-26-30(24)35-28(33)13-12-27(32)34-26/h1-5,7,9,12-13,18,20,26H,6,8,10-11,14-17,19H2/b13-12+. The summed E-state index contributed by atoms with van der Waals surface area (Å²) in [5, 5.41) is 1.35. The maximum absolute atomic E-state index is 13.0. The van der Waals surface area contributed by atoms with E-state index in [-0.39, 0.29) is 5.78 Å². The summed E-state index contributed by atoms with van der Waals surface area (Å²) in [5.41, 5.74) is 3.59. The van der Waals surface area contributed by atoms with Gasteiger partial charge in [-0.2, -0.15) is 5.06 Å². The number of likely N-dealkylation sites (tertiary alicyclic amines) is 1. The summed E-state index contributed by atoms with van der Waals surface area (Å²) >= 11 is 0. The minimum Gasteiger partial charge on any atom is -0.435 e. The number of carbonyl (C=O) groups is 3. The summed E-state index contributed by atoms with van der Waals surface area (Å²) in [7, 11) is 0. The summed E-state index contributed by atoms with van der Waals surface area (Å²) in [6.07, 6.45) is 6.26. The molecule has 3 aliphatic rings. The molecule has 0 aromatic heterocycles. The SMILES string of the molecule is O=C1/C=C/C(=O)ON2c3ccc(C(=O)CCC4CCN(Cc5ccccc5)CC4)cc3CCC2O1. The molecule has 3 heterocycles. The highest BCUT2D eigenvalue weighted by molar-refractivity contribution is 5.97. The highest BCUT2D eigenvalue weighted by Crippen LogP contribution is 2.34. The van der Waals surface area contributed by atoms with Crippen molar-refractivity contribution in [2.24, 2.45) is 5.92 Å². The average molecular weight is 475 g/mol. The highest BCUT2D eigenvalue weighted by atomic mass is 16.7. The molecule has 182 valence electrons. The van der Waals surface area contributed by atoms with Gasteiger partial charge in [-0.3, -0.25) is 9.69 Å². The molecule has 35 heavy (non-hydrogen) atoms. The van der Waals surface area contributed by atoms with Gasteiger partial charge in [0.2, 0.25) is 6.23 Å². The number of benzene rings is 2. The van der Waals surface area contributed by atoms with Crippen LogP contribution in [0.2, 0.25) is 0 Å². The van der Waals surface area contributed by atoms with Crippen LogP contribution in [0.25, 0.3) is 0 Å². The van der Waals surface area contributed by atoms with E-state index in [1.54, 1.807) is 12.1 Å². The molecule has 2 aromatic carbocycles. The molecular formula is C28H30N2O5. The lowest BCUT2D eigenvalue weighted by molar-refractivity contribution is -0.158. The van der Waals surface area contributed by atoms with Gasteiger partial charge in [0.05, 0.1) is 5.69 Å². The monoisotopic (exact) mass is 474 g/mol. The molecule has 0 bridgehead atoms. The van der Waals surface area contributed by atoms with Crippen molar-refractivity contribution in [2.45, 2.75) is 51.3 Å². The van der Waals surface area contributed by atoms with Gasteiger partial charge >= 0.3 is 11.9 Å². The molecule has 0 amide bonds. The smallest absolute Gasteiger partial charge is 0.356 e. The Kier molecular flexibility index (Phi) is 6.95. The largest absolute Gasteiger partial charge is 0.435 e. The zero-order valence-electron chi connectivity index (χ0n) is 19.7. The summed E-state index contributed by atoms with van der Waals surface area (Å²) < 4.78 is 5.38. The van der Waals surface area contributed by atoms with Crippen molar-refractivity contribution in [2.75, 3.05) is 18.2 Å². The van der Waals surface area contributed by atoms with E-state index in [2.05, 4.69) is 29.2 Å². The van der Waals surface area contributed by atoms with Crippen LogP contribution in [0.5, 0.6) is 0 Å². The number of rotatable bonds is 6. The van der Waals surface area contributed by atoms with E-state index in [0.29, 0.717) is 36.4 Å². The van der Waals surface area contributed by atoms with E-state index in [1.807, 2.05) is 12.1 Å². The van der Waals surface area contributed by atoms with Gasteiger partial charge in [0, 0.05) is 37.1 Å². The van der Waals surface area contributed by atoms with Crippen LogP contribution >= 0.6 is 0 Å². The van der Waals surface area contributed by atoms with Gasteiger partial charge in [0.15, 0.2) is 5.78 Å². The lowest BCUT2D eigenvalue weighted by Gasteiger charge is -2.36. The van der Waals surface area contributed by atoms with E-state index in [9.17, 15) is 14.4 Å². The zero-order valence-corrected chi connectivity index (χ0v) is 19.7. The van der Waals surface area contributed by atoms with Gasteiger partial charge in [0.25, 0.3) is 0 Å². The third kappa shape index (κ3) is 5.62. The molecule has 1 fully saturated rings. The Labute approximate surface area is 205 Å². The second-order valence-electron chi connectivity index (χ2n) is 9.51. The number of esters is 1. The molecule has 1 atom stereocenters. The predicted molar refractivity (Wildman–Crippen MR) is 130 cm³/mol. The van der Waals surface area contributed by atoms with Crippen molar-refractivity contribution >= 4 is 23.4 Å². The van der Waals surface area contributed by atoms with Crippen molar-refractivity contribution in [3.05, 3.63) is 77.4 Å². The number of piperidine rings is 1. The fourth-order valence-electron chi connectivity index (χ4n) is 5.13. The Morgan fingerprint density at radius 3 is 2.51 bits per heavy atom. The van der Waals surface area contributed by atoms with Crippen molar-refractivity contribution in [3.8, 4) is 0 Å². The van der Waals surface area contributed by atoms with E-state index in [1.165, 1.54) is 10.6 Å². The molecule has 7 nitrogen and oxygen atoms in total. The second-order valence-corrected chi connectivity index (χ2v) is 9.51. The summed E-state index contributed by atoms with van der Waals surface area (Å²) in [6.45, 7) is 3.13. The van der Waals surface area contributed by atoms with Crippen LogP contribution in [0.15, 0.2) is 60.7 Å². The molecule has 7 heteroatoms. The molecular weight excluding hydrogens is 444 g/mol. The predicted octanol–water partition coefficient (Wildman–Crippen LogP) is 4.21. The summed E-state index contributed by atoms with van der Waals surface area (Å²) in [4.78, 5) is 44.6. The Balaban J connectivity index is 1.15. The number of ether oxygens (including phenoxy) is 1. The second kappa shape index (κ2) is 10.4. The molecule has 3 aliphatic heterocycles. The Bertz CT molecular complexity index is 1120. The number of nitrogens with zero attached hydrogens (tertiary/aromatic N) is 2. The van der Waals surface area contributed by atoms with Crippen LogP contribution in [0.1, 0.15) is 53.6 Å². The molecule has 5 rings (SSSR count). The number of carbonyl (C=O) groups excluding carboxylic acids is 3. The lowest BCUT2D eigenvalue weighted by Crippen LogP contribution is -2.44. The first-order chi connectivity index (χ1) is 17.0. The topological polar surface area (TPSA) is 76.2 Å². The number of hydroxylamine groups is 1. The summed E-state index contributed by atoms with van der Waals surface area (Å²) in [5.74, 6) is -0.486. The molecule has 0 aliphatic carbocycles. The Hall–Kier alpha value is -3.45.